The molecule has 0 fully saturated rings. The van der Waals surface area contributed by atoms with Crippen molar-refractivity contribution in [2.45, 2.75) is 19.6 Å². The summed E-state index contributed by atoms with van der Waals surface area (Å²) in [5.74, 6) is 2.40. The number of nitrogens with zero attached hydrogens (tertiary/aromatic N) is 5. The predicted octanol–water partition coefficient (Wildman–Crippen LogP) is 2.72. The number of hydrogen-bond donors (Lipinski definition) is 1. The molecule has 4 rings (SSSR count). The van der Waals surface area contributed by atoms with Crippen LogP contribution >= 0.6 is 0 Å². The first-order valence-electron chi connectivity index (χ1n) is 8.53. The lowest BCUT2D eigenvalue weighted by Crippen LogP contribution is -2.32. The van der Waals surface area contributed by atoms with Gasteiger partial charge in [-0.2, -0.15) is 0 Å². The zero-order valence-electron chi connectivity index (χ0n) is 14.6. The molecule has 3 heterocycles. The SMILES string of the molecule is COCc1ncc2c(n1)CCN(c1cc(Nc3ccccc3)ncn1)C2. The number of anilines is 3. The normalized spacial score (nSPS) is 13.3. The third-order valence-electron chi connectivity index (χ3n) is 4.28. The molecule has 26 heavy (non-hydrogen) atoms. The predicted molar refractivity (Wildman–Crippen MR) is 99.3 cm³/mol. The summed E-state index contributed by atoms with van der Waals surface area (Å²) in [6.07, 6.45) is 4.35. The smallest absolute Gasteiger partial charge is 0.154 e. The van der Waals surface area contributed by atoms with Gasteiger partial charge < -0.3 is 15.0 Å². The molecule has 0 spiro atoms. The Hall–Kier alpha value is -3.06. The number of methoxy groups -OCH3 is 1. The van der Waals surface area contributed by atoms with Crippen LogP contribution in [0.4, 0.5) is 17.3 Å². The highest BCUT2D eigenvalue weighted by Gasteiger charge is 2.20. The lowest BCUT2D eigenvalue weighted by molar-refractivity contribution is 0.177. The Labute approximate surface area is 152 Å². The van der Waals surface area contributed by atoms with Gasteiger partial charge in [0.25, 0.3) is 0 Å². The highest BCUT2D eigenvalue weighted by atomic mass is 16.5. The summed E-state index contributed by atoms with van der Waals surface area (Å²) >= 11 is 0. The molecule has 3 aromatic rings. The standard InChI is InChI=1S/C19H20N6O/c1-26-12-18-20-10-14-11-25(8-7-16(14)24-18)19-9-17(21-13-22-19)23-15-5-3-2-4-6-15/h2-6,9-10,13H,7-8,11-12H2,1H3,(H,21,22,23). The Balaban J connectivity index is 1.51. The van der Waals surface area contributed by atoms with Crippen molar-refractivity contribution < 1.29 is 4.74 Å². The van der Waals surface area contributed by atoms with Gasteiger partial charge in [0.2, 0.25) is 0 Å². The minimum Gasteiger partial charge on any atom is -0.377 e. The minimum absolute atomic E-state index is 0.442. The second-order valence-electron chi connectivity index (χ2n) is 6.12. The minimum atomic E-state index is 0.442. The molecule has 0 saturated carbocycles. The highest BCUT2D eigenvalue weighted by molar-refractivity contribution is 5.59. The number of benzene rings is 1. The van der Waals surface area contributed by atoms with Gasteiger partial charge in [0.05, 0.1) is 5.69 Å². The van der Waals surface area contributed by atoms with Crippen molar-refractivity contribution in [2.75, 3.05) is 23.9 Å². The maximum absolute atomic E-state index is 5.11. The van der Waals surface area contributed by atoms with Crippen LogP contribution in [-0.2, 0) is 24.3 Å². The first kappa shape index (κ1) is 16.4. The van der Waals surface area contributed by atoms with Crippen LogP contribution in [0.3, 0.4) is 0 Å². The number of nitrogens with one attached hydrogen (secondary N) is 1. The van der Waals surface area contributed by atoms with Crippen molar-refractivity contribution in [1.82, 2.24) is 19.9 Å². The van der Waals surface area contributed by atoms with Crippen LogP contribution < -0.4 is 10.2 Å². The average Bonchev–Trinajstić information content (AvgIpc) is 2.69. The van der Waals surface area contributed by atoms with Gasteiger partial charge in [-0.05, 0) is 12.1 Å². The molecular formula is C19H20N6O. The number of fused-ring (bicyclic) bond motifs is 1. The Kier molecular flexibility index (Phi) is 4.70. The molecule has 0 atom stereocenters. The van der Waals surface area contributed by atoms with Gasteiger partial charge in [-0.3, -0.25) is 0 Å². The van der Waals surface area contributed by atoms with Crippen molar-refractivity contribution in [2.24, 2.45) is 0 Å². The maximum Gasteiger partial charge on any atom is 0.154 e. The van der Waals surface area contributed by atoms with E-state index in [-0.39, 0.29) is 0 Å². The number of para-hydroxylation sites is 1. The summed E-state index contributed by atoms with van der Waals surface area (Å²) in [5.41, 5.74) is 3.23. The van der Waals surface area contributed by atoms with E-state index < -0.39 is 0 Å². The van der Waals surface area contributed by atoms with Crippen molar-refractivity contribution >= 4 is 17.3 Å². The van der Waals surface area contributed by atoms with Gasteiger partial charge >= 0.3 is 0 Å². The molecule has 1 aromatic carbocycles. The van der Waals surface area contributed by atoms with Crippen molar-refractivity contribution in [3.63, 3.8) is 0 Å². The molecule has 1 aliphatic heterocycles. The lowest BCUT2D eigenvalue weighted by Gasteiger charge is -2.29. The molecule has 7 heteroatoms. The summed E-state index contributed by atoms with van der Waals surface area (Å²) < 4.78 is 5.11. The zero-order chi connectivity index (χ0) is 17.8. The van der Waals surface area contributed by atoms with Crippen molar-refractivity contribution in [1.29, 1.82) is 0 Å². The Morgan fingerprint density at radius 1 is 1.15 bits per heavy atom. The van der Waals surface area contributed by atoms with Gasteiger partial charge in [0.1, 0.15) is 24.6 Å². The topological polar surface area (TPSA) is 76.1 Å². The van der Waals surface area contributed by atoms with Gasteiger partial charge in [0, 0.05) is 50.1 Å². The lowest BCUT2D eigenvalue weighted by atomic mass is 10.1. The summed E-state index contributed by atoms with van der Waals surface area (Å²) in [4.78, 5) is 20.0. The van der Waals surface area contributed by atoms with Gasteiger partial charge in [-0.1, -0.05) is 18.2 Å². The largest absolute Gasteiger partial charge is 0.377 e. The Morgan fingerprint density at radius 2 is 2.04 bits per heavy atom. The molecule has 0 aliphatic carbocycles. The molecule has 0 saturated heterocycles. The Morgan fingerprint density at radius 3 is 2.88 bits per heavy atom. The fraction of sp³-hybridized carbons (Fsp3) is 0.263. The fourth-order valence-corrected chi connectivity index (χ4v) is 3.01. The third-order valence-corrected chi connectivity index (χ3v) is 4.28. The second kappa shape index (κ2) is 7.45. The molecule has 1 N–H and O–H groups in total. The molecule has 1 aliphatic rings. The first-order chi connectivity index (χ1) is 12.8. The number of hydrogen-bond acceptors (Lipinski definition) is 7. The van der Waals surface area contributed by atoms with E-state index >= 15 is 0 Å². The molecule has 0 amide bonds. The molecule has 0 bridgehead atoms. The highest BCUT2D eigenvalue weighted by Crippen LogP contribution is 2.24. The summed E-state index contributed by atoms with van der Waals surface area (Å²) in [6, 6.07) is 12.0. The zero-order valence-corrected chi connectivity index (χ0v) is 14.6. The van der Waals surface area contributed by atoms with E-state index in [9.17, 15) is 0 Å². The van der Waals surface area contributed by atoms with Gasteiger partial charge in [-0.15, -0.1) is 0 Å². The van der Waals surface area contributed by atoms with Crippen LogP contribution in [0.25, 0.3) is 0 Å². The number of aromatic nitrogens is 4. The quantitative estimate of drug-likeness (QED) is 0.760. The maximum atomic E-state index is 5.11. The van der Waals surface area contributed by atoms with Gasteiger partial charge in [-0.25, -0.2) is 19.9 Å². The molecule has 7 nitrogen and oxygen atoms in total. The van der Waals surface area contributed by atoms with E-state index in [1.807, 2.05) is 42.6 Å². The van der Waals surface area contributed by atoms with E-state index in [1.165, 1.54) is 0 Å². The Bertz CT molecular complexity index is 886. The fourth-order valence-electron chi connectivity index (χ4n) is 3.01. The van der Waals surface area contributed by atoms with E-state index in [2.05, 4.69) is 30.2 Å². The van der Waals surface area contributed by atoms with Crippen LogP contribution in [0.1, 0.15) is 17.1 Å². The molecule has 2 aromatic heterocycles. The third kappa shape index (κ3) is 3.62. The van der Waals surface area contributed by atoms with Crippen LogP contribution in [-0.4, -0.2) is 33.6 Å². The van der Waals surface area contributed by atoms with Gasteiger partial charge in [0.15, 0.2) is 5.82 Å². The van der Waals surface area contributed by atoms with Crippen molar-refractivity contribution in [3.8, 4) is 0 Å². The van der Waals surface area contributed by atoms with Crippen LogP contribution in [0.15, 0.2) is 48.9 Å². The summed E-state index contributed by atoms with van der Waals surface area (Å²) in [6.45, 7) is 2.04. The molecule has 0 unspecified atom stereocenters. The molecule has 132 valence electrons. The first-order valence-corrected chi connectivity index (χ1v) is 8.53. The van der Waals surface area contributed by atoms with E-state index in [0.717, 1.165) is 53.9 Å². The second-order valence-corrected chi connectivity index (χ2v) is 6.12. The summed E-state index contributed by atoms with van der Waals surface area (Å²) in [7, 11) is 1.65. The van der Waals surface area contributed by atoms with E-state index in [4.69, 9.17) is 4.74 Å². The van der Waals surface area contributed by atoms with Crippen molar-refractivity contribution in [3.05, 3.63) is 66.0 Å². The molecule has 0 radical (unpaired) electrons. The number of ether oxygens (including phenoxy) is 1. The van der Waals surface area contributed by atoms with Crippen LogP contribution in [0.2, 0.25) is 0 Å². The average molecular weight is 348 g/mol. The van der Waals surface area contributed by atoms with Crippen LogP contribution in [0.5, 0.6) is 0 Å². The van der Waals surface area contributed by atoms with Crippen LogP contribution in [0, 0.1) is 0 Å². The number of rotatable bonds is 5. The summed E-state index contributed by atoms with van der Waals surface area (Å²) in [5, 5.41) is 3.31. The monoisotopic (exact) mass is 348 g/mol. The van der Waals surface area contributed by atoms with E-state index in [0.29, 0.717) is 6.61 Å². The molecular weight excluding hydrogens is 328 g/mol. The van der Waals surface area contributed by atoms with E-state index in [1.54, 1.807) is 13.4 Å².